The summed E-state index contributed by atoms with van der Waals surface area (Å²) >= 11 is 1.34. The number of hydrogen-bond acceptors (Lipinski definition) is 4. The van der Waals surface area contributed by atoms with E-state index in [1.165, 1.54) is 17.8 Å². The van der Waals surface area contributed by atoms with Gasteiger partial charge in [-0.1, -0.05) is 55.7 Å². The van der Waals surface area contributed by atoms with Crippen molar-refractivity contribution < 1.29 is 14.4 Å². The second kappa shape index (κ2) is 11.5. The average Bonchev–Trinajstić information content (AvgIpc) is 3.32. The number of thiophene rings is 1. The minimum absolute atomic E-state index is 0.0794. The van der Waals surface area contributed by atoms with Gasteiger partial charge in [-0.2, -0.15) is 0 Å². The Kier molecular flexibility index (Phi) is 8.44. The lowest BCUT2D eigenvalue weighted by atomic mass is 9.89. The largest absolute Gasteiger partial charge is 0.354 e. The molecule has 0 spiro atoms. The Balaban J connectivity index is 1.50. The van der Waals surface area contributed by atoms with Crippen molar-refractivity contribution in [3.63, 3.8) is 0 Å². The van der Waals surface area contributed by atoms with E-state index in [1.807, 2.05) is 35.7 Å². The van der Waals surface area contributed by atoms with E-state index < -0.39 is 6.04 Å². The van der Waals surface area contributed by atoms with Crippen LogP contribution in [0, 0.1) is 5.92 Å². The van der Waals surface area contributed by atoms with Gasteiger partial charge in [-0.15, -0.1) is 11.3 Å². The van der Waals surface area contributed by atoms with Gasteiger partial charge in [0.25, 0.3) is 5.91 Å². The molecule has 3 amide bonds. The summed E-state index contributed by atoms with van der Waals surface area (Å²) in [5, 5.41) is 10.4. The lowest BCUT2D eigenvalue weighted by molar-refractivity contribution is -0.126. The van der Waals surface area contributed by atoms with Crippen LogP contribution in [0.1, 0.15) is 47.3 Å². The molecule has 1 saturated carbocycles. The second-order valence-corrected chi connectivity index (χ2v) is 8.56. The van der Waals surface area contributed by atoms with Gasteiger partial charge in [0, 0.05) is 25.4 Å². The quantitative estimate of drug-likeness (QED) is 0.538. The summed E-state index contributed by atoms with van der Waals surface area (Å²) in [6, 6.07) is 12.5. The van der Waals surface area contributed by atoms with Crippen LogP contribution < -0.4 is 16.0 Å². The van der Waals surface area contributed by atoms with Crippen LogP contribution in [-0.2, 0) is 16.0 Å². The molecule has 0 bridgehead atoms. The van der Waals surface area contributed by atoms with Crippen LogP contribution in [-0.4, -0.2) is 36.9 Å². The van der Waals surface area contributed by atoms with Gasteiger partial charge < -0.3 is 16.0 Å². The van der Waals surface area contributed by atoms with Gasteiger partial charge in [-0.25, -0.2) is 0 Å². The Morgan fingerprint density at radius 1 is 0.933 bits per heavy atom. The van der Waals surface area contributed by atoms with Gasteiger partial charge >= 0.3 is 0 Å². The fourth-order valence-electron chi connectivity index (χ4n) is 3.70. The molecule has 3 rings (SSSR count). The molecule has 1 unspecified atom stereocenters. The third kappa shape index (κ3) is 6.69. The summed E-state index contributed by atoms with van der Waals surface area (Å²) < 4.78 is 0. The van der Waals surface area contributed by atoms with Crippen LogP contribution in [0.4, 0.5) is 0 Å². The van der Waals surface area contributed by atoms with Crippen LogP contribution in [0.3, 0.4) is 0 Å². The fraction of sp³-hybridized carbons (Fsp3) is 0.435. The lowest BCUT2D eigenvalue weighted by Gasteiger charge is -2.21. The molecule has 0 saturated heterocycles. The average molecular weight is 428 g/mol. The number of nitrogens with one attached hydrogen (secondary N) is 3. The summed E-state index contributed by atoms with van der Waals surface area (Å²) in [5.41, 5.74) is 0.967. The first-order valence-corrected chi connectivity index (χ1v) is 11.4. The molecule has 1 heterocycles. The maximum Gasteiger partial charge on any atom is 0.262 e. The molecule has 6 nitrogen and oxygen atoms in total. The minimum Gasteiger partial charge on any atom is -0.354 e. The van der Waals surface area contributed by atoms with Crippen molar-refractivity contribution in [2.45, 2.75) is 44.6 Å². The summed E-state index contributed by atoms with van der Waals surface area (Å²) in [6.07, 6.45) is 5.73. The van der Waals surface area contributed by atoms with E-state index in [2.05, 4.69) is 16.0 Å². The molecule has 1 aliphatic carbocycles. The van der Waals surface area contributed by atoms with Crippen molar-refractivity contribution in [3.05, 3.63) is 58.3 Å². The summed E-state index contributed by atoms with van der Waals surface area (Å²) in [6.45, 7) is 0.718. The van der Waals surface area contributed by atoms with Crippen LogP contribution in [0.5, 0.6) is 0 Å². The zero-order valence-corrected chi connectivity index (χ0v) is 17.9. The molecule has 2 aromatic rings. The first kappa shape index (κ1) is 22.0. The molecule has 3 N–H and O–H groups in total. The fourth-order valence-corrected chi connectivity index (χ4v) is 4.33. The van der Waals surface area contributed by atoms with E-state index in [4.69, 9.17) is 0 Å². The van der Waals surface area contributed by atoms with Gasteiger partial charge in [0.1, 0.15) is 6.04 Å². The van der Waals surface area contributed by atoms with Crippen molar-refractivity contribution in [3.8, 4) is 0 Å². The lowest BCUT2D eigenvalue weighted by Crippen LogP contribution is -2.49. The molecule has 1 aromatic carbocycles. The van der Waals surface area contributed by atoms with E-state index in [0.29, 0.717) is 24.4 Å². The van der Waals surface area contributed by atoms with Crippen LogP contribution in [0.25, 0.3) is 0 Å². The normalized spacial score (nSPS) is 15.2. The van der Waals surface area contributed by atoms with Crippen molar-refractivity contribution in [1.29, 1.82) is 0 Å². The van der Waals surface area contributed by atoms with Gasteiger partial charge in [-0.05, 0) is 29.9 Å². The second-order valence-electron chi connectivity index (χ2n) is 7.61. The van der Waals surface area contributed by atoms with Gasteiger partial charge in [0.15, 0.2) is 0 Å². The smallest absolute Gasteiger partial charge is 0.262 e. The SMILES string of the molecule is O=C(NC(Cc1ccccc1)C(=O)NCCNC(=O)C1CCCCC1)c1cccs1. The summed E-state index contributed by atoms with van der Waals surface area (Å²) in [5.74, 6) is -0.330. The third-order valence-corrected chi connectivity index (χ3v) is 6.22. The first-order valence-electron chi connectivity index (χ1n) is 10.6. The van der Waals surface area contributed by atoms with Crippen molar-refractivity contribution in [2.75, 3.05) is 13.1 Å². The molecule has 0 aliphatic heterocycles. The molecule has 1 atom stereocenters. The van der Waals surface area contributed by atoms with Gasteiger partial charge in [0.05, 0.1) is 4.88 Å². The highest BCUT2D eigenvalue weighted by molar-refractivity contribution is 7.12. The van der Waals surface area contributed by atoms with Gasteiger partial charge in [-0.3, -0.25) is 14.4 Å². The highest BCUT2D eigenvalue weighted by Crippen LogP contribution is 2.23. The highest BCUT2D eigenvalue weighted by Gasteiger charge is 2.23. The van der Waals surface area contributed by atoms with E-state index in [0.717, 1.165) is 31.2 Å². The molecule has 1 aliphatic rings. The third-order valence-electron chi connectivity index (χ3n) is 5.35. The molecule has 160 valence electrons. The van der Waals surface area contributed by atoms with E-state index in [9.17, 15) is 14.4 Å². The Hall–Kier alpha value is -2.67. The Morgan fingerprint density at radius 2 is 1.67 bits per heavy atom. The van der Waals surface area contributed by atoms with E-state index in [-0.39, 0.29) is 23.6 Å². The number of hydrogen-bond donors (Lipinski definition) is 3. The Bertz CT molecular complexity index is 817. The standard InChI is InChI=1S/C23H29N3O3S/c27-21(18-10-5-2-6-11-18)24-13-14-25-22(28)19(16-17-8-3-1-4-9-17)26-23(29)20-12-7-15-30-20/h1,3-4,7-9,12,15,18-19H,2,5-6,10-11,13-14,16H2,(H,24,27)(H,25,28)(H,26,29). The predicted molar refractivity (Wildman–Crippen MR) is 118 cm³/mol. The zero-order chi connectivity index (χ0) is 21.2. The Labute approximate surface area is 181 Å². The van der Waals surface area contributed by atoms with E-state index in [1.54, 1.807) is 12.1 Å². The maximum atomic E-state index is 12.8. The number of carbonyl (C=O) groups is 3. The molecule has 0 radical (unpaired) electrons. The van der Waals surface area contributed by atoms with Crippen molar-refractivity contribution in [1.82, 2.24) is 16.0 Å². The monoisotopic (exact) mass is 427 g/mol. The van der Waals surface area contributed by atoms with Crippen molar-refractivity contribution >= 4 is 29.1 Å². The maximum absolute atomic E-state index is 12.8. The van der Waals surface area contributed by atoms with Crippen LogP contribution in [0.2, 0.25) is 0 Å². The Morgan fingerprint density at radius 3 is 2.37 bits per heavy atom. The number of carbonyl (C=O) groups excluding carboxylic acids is 3. The minimum atomic E-state index is -0.684. The first-order chi connectivity index (χ1) is 14.6. The highest BCUT2D eigenvalue weighted by atomic mass is 32.1. The molecule has 1 fully saturated rings. The van der Waals surface area contributed by atoms with E-state index >= 15 is 0 Å². The van der Waals surface area contributed by atoms with Crippen molar-refractivity contribution in [2.24, 2.45) is 5.92 Å². The zero-order valence-electron chi connectivity index (χ0n) is 17.1. The molecule has 30 heavy (non-hydrogen) atoms. The number of benzene rings is 1. The predicted octanol–water partition coefficient (Wildman–Crippen LogP) is 2.90. The summed E-state index contributed by atoms with van der Waals surface area (Å²) in [7, 11) is 0. The molecule has 1 aromatic heterocycles. The van der Waals surface area contributed by atoms with Gasteiger partial charge in [0.2, 0.25) is 11.8 Å². The topological polar surface area (TPSA) is 87.3 Å². The van der Waals surface area contributed by atoms with Crippen LogP contribution in [0.15, 0.2) is 47.8 Å². The molecule has 7 heteroatoms. The molecular weight excluding hydrogens is 398 g/mol. The molecular formula is C23H29N3O3S. The summed E-state index contributed by atoms with van der Waals surface area (Å²) in [4.78, 5) is 38.0. The number of rotatable bonds is 9. The van der Waals surface area contributed by atoms with Crippen LogP contribution >= 0.6 is 11.3 Å². The number of amides is 3.